The molecule has 0 radical (unpaired) electrons. The number of aromatic nitrogens is 2. The van der Waals surface area contributed by atoms with E-state index in [2.05, 4.69) is 9.97 Å². The van der Waals surface area contributed by atoms with Gasteiger partial charge in [-0.3, -0.25) is 0 Å². The van der Waals surface area contributed by atoms with Gasteiger partial charge in [-0.1, -0.05) is 18.2 Å². The minimum absolute atomic E-state index is 0.228. The van der Waals surface area contributed by atoms with Gasteiger partial charge in [0.05, 0.1) is 10.2 Å². The minimum Gasteiger partial charge on any atom is -0.226 e. The number of thiophene rings is 1. The first-order chi connectivity index (χ1) is 7.38. The SMILES string of the molecule is N#Cc1ncc2sc3ccccc3c2n1. The maximum atomic E-state index is 8.74. The van der Waals surface area contributed by atoms with Gasteiger partial charge in [-0.05, 0) is 6.07 Å². The maximum absolute atomic E-state index is 8.74. The highest BCUT2D eigenvalue weighted by molar-refractivity contribution is 7.25. The molecule has 0 atom stereocenters. The molecule has 1 aromatic carbocycles. The lowest BCUT2D eigenvalue weighted by atomic mass is 10.2. The van der Waals surface area contributed by atoms with E-state index < -0.39 is 0 Å². The summed E-state index contributed by atoms with van der Waals surface area (Å²) < 4.78 is 2.20. The van der Waals surface area contributed by atoms with Gasteiger partial charge < -0.3 is 0 Å². The first kappa shape index (κ1) is 8.33. The highest BCUT2D eigenvalue weighted by atomic mass is 32.1. The van der Waals surface area contributed by atoms with E-state index in [-0.39, 0.29) is 5.82 Å². The van der Waals surface area contributed by atoms with Crippen LogP contribution in [0.4, 0.5) is 0 Å². The summed E-state index contributed by atoms with van der Waals surface area (Å²) >= 11 is 1.65. The summed E-state index contributed by atoms with van der Waals surface area (Å²) in [6, 6.07) is 9.99. The van der Waals surface area contributed by atoms with Crippen molar-refractivity contribution in [2.45, 2.75) is 0 Å². The second kappa shape index (κ2) is 3.01. The number of nitriles is 1. The van der Waals surface area contributed by atoms with Crippen molar-refractivity contribution in [1.29, 1.82) is 5.26 Å². The quantitative estimate of drug-likeness (QED) is 0.574. The summed E-state index contributed by atoms with van der Waals surface area (Å²) in [6.07, 6.45) is 1.71. The molecule has 0 aliphatic heterocycles. The topological polar surface area (TPSA) is 49.6 Å². The van der Waals surface area contributed by atoms with E-state index in [1.165, 1.54) is 4.70 Å². The first-order valence-corrected chi connectivity index (χ1v) is 5.24. The third-order valence-electron chi connectivity index (χ3n) is 2.22. The third kappa shape index (κ3) is 1.17. The second-order valence-electron chi connectivity index (χ2n) is 3.12. The number of rotatable bonds is 0. The fourth-order valence-corrected chi connectivity index (χ4v) is 2.58. The van der Waals surface area contributed by atoms with Gasteiger partial charge in [-0.25, -0.2) is 9.97 Å². The Morgan fingerprint density at radius 1 is 1.20 bits per heavy atom. The standard InChI is InChI=1S/C11H5N3S/c12-5-10-13-6-9-11(14-10)7-3-1-2-4-8(7)15-9/h1-4,6H. The third-order valence-corrected chi connectivity index (χ3v) is 3.31. The van der Waals surface area contributed by atoms with Crippen LogP contribution in [0.3, 0.4) is 0 Å². The molecule has 3 rings (SSSR count). The highest BCUT2D eigenvalue weighted by Gasteiger charge is 2.06. The van der Waals surface area contributed by atoms with E-state index in [0.717, 1.165) is 15.6 Å². The molecule has 0 aliphatic carbocycles. The largest absolute Gasteiger partial charge is 0.232 e. The van der Waals surface area contributed by atoms with Crippen LogP contribution in [0.5, 0.6) is 0 Å². The van der Waals surface area contributed by atoms with Crippen LogP contribution in [-0.2, 0) is 0 Å². The van der Waals surface area contributed by atoms with Crippen molar-refractivity contribution in [1.82, 2.24) is 9.97 Å². The number of hydrogen-bond acceptors (Lipinski definition) is 4. The van der Waals surface area contributed by atoms with Crippen molar-refractivity contribution in [3.8, 4) is 6.07 Å². The average Bonchev–Trinajstić information content (AvgIpc) is 2.66. The summed E-state index contributed by atoms with van der Waals surface area (Å²) in [4.78, 5) is 8.18. The van der Waals surface area contributed by atoms with Crippen LogP contribution in [-0.4, -0.2) is 9.97 Å². The van der Waals surface area contributed by atoms with E-state index in [9.17, 15) is 0 Å². The molecule has 0 N–H and O–H groups in total. The molecular formula is C11H5N3S. The Morgan fingerprint density at radius 2 is 2.07 bits per heavy atom. The predicted molar refractivity (Wildman–Crippen MR) is 59.6 cm³/mol. The molecule has 3 aromatic rings. The van der Waals surface area contributed by atoms with Crippen molar-refractivity contribution < 1.29 is 0 Å². The van der Waals surface area contributed by atoms with Crippen LogP contribution < -0.4 is 0 Å². The fourth-order valence-electron chi connectivity index (χ4n) is 1.56. The monoisotopic (exact) mass is 211 g/mol. The molecule has 0 saturated heterocycles. The molecule has 0 amide bonds. The van der Waals surface area contributed by atoms with Crippen LogP contribution in [0.2, 0.25) is 0 Å². The molecule has 0 unspecified atom stereocenters. The van der Waals surface area contributed by atoms with Crippen molar-refractivity contribution >= 4 is 31.6 Å². The van der Waals surface area contributed by atoms with Gasteiger partial charge >= 0.3 is 0 Å². The summed E-state index contributed by atoms with van der Waals surface area (Å²) in [7, 11) is 0. The molecule has 0 saturated carbocycles. The molecule has 15 heavy (non-hydrogen) atoms. The van der Waals surface area contributed by atoms with Gasteiger partial charge in [0.1, 0.15) is 6.07 Å². The zero-order valence-corrected chi connectivity index (χ0v) is 8.45. The van der Waals surface area contributed by atoms with Gasteiger partial charge in [0.25, 0.3) is 0 Å². The lowest BCUT2D eigenvalue weighted by Crippen LogP contribution is -1.86. The summed E-state index contributed by atoms with van der Waals surface area (Å²) in [5, 5.41) is 9.83. The normalized spacial score (nSPS) is 10.6. The van der Waals surface area contributed by atoms with Crippen LogP contribution in [0.25, 0.3) is 20.3 Å². The lowest BCUT2D eigenvalue weighted by Gasteiger charge is -1.89. The van der Waals surface area contributed by atoms with Crippen molar-refractivity contribution in [2.24, 2.45) is 0 Å². The molecule has 0 fully saturated rings. The predicted octanol–water partition coefficient (Wildman–Crippen LogP) is 2.72. The van der Waals surface area contributed by atoms with E-state index in [1.807, 2.05) is 30.3 Å². The van der Waals surface area contributed by atoms with Gasteiger partial charge in [0.2, 0.25) is 5.82 Å². The molecule has 2 heterocycles. The minimum atomic E-state index is 0.228. The molecule has 2 aromatic heterocycles. The molecule has 3 nitrogen and oxygen atoms in total. The molecule has 0 bridgehead atoms. The van der Waals surface area contributed by atoms with Gasteiger partial charge in [-0.15, -0.1) is 11.3 Å². The average molecular weight is 211 g/mol. The molecule has 0 spiro atoms. The number of hydrogen-bond donors (Lipinski definition) is 0. The molecule has 70 valence electrons. The van der Waals surface area contributed by atoms with Crippen molar-refractivity contribution in [3.05, 3.63) is 36.3 Å². The Labute approximate surface area is 89.6 Å². The summed E-state index contributed by atoms with van der Waals surface area (Å²) in [6.45, 7) is 0. The van der Waals surface area contributed by atoms with Gasteiger partial charge in [-0.2, -0.15) is 5.26 Å². The number of benzene rings is 1. The zero-order chi connectivity index (χ0) is 10.3. The van der Waals surface area contributed by atoms with Crippen molar-refractivity contribution in [2.75, 3.05) is 0 Å². The molecular weight excluding hydrogens is 206 g/mol. The zero-order valence-electron chi connectivity index (χ0n) is 7.64. The van der Waals surface area contributed by atoms with Crippen LogP contribution >= 0.6 is 11.3 Å². The molecule has 0 aliphatic rings. The van der Waals surface area contributed by atoms with E-state index >= 15 is 0 Å². The first-order valence-electron chi connectivity index (χ1n) is 4.43. The Bertz CT molecular complexity index is 694. The van der Waals surface area contributed by atoms with Gasteiger partial charge in [0, 0.05) is 16.3 Å². The number of nitrogens with zero attached hydrogens (tertiary/aromatic N) is 3. The Hall–Kier alpha value is -1.99. The van der Waals surface area contributed by atoms with E-state index in [4.69, 9.17) is 5.26 Å². The van der Waals surface area contributed by atoms with Crippen molar-refractivity contribution in [3.63, 3.8) is 0 Å². The number of fused-ring (bicyclic) bond motifs is 3. The Morgan fingerprint density at radius 3 is 2.93 bits per heavy atom. The van der Waals surface area contributed by atoms with Gasteiger partial charge in [0.15, 0.2) is 0 Å². The van der Waals surface area contributed by atoms with Crippen LogP contribution in [0.15, 0.2) is 30.5 Å². The maximum Gasteiger partial charge on any atom is 0.232 e. The summed E-state index contributed by atoms with van der Waals surface area (Å²) in [5.74, 6) is 0.228. The second-order valence-corrected chi connectivity index (χ2v) is 4.20. The van der Waals surface area contributed by atoms with E-state index in [0.29, 0.717) is 0 Å². The summed E-state index contributed by atoms with van der Waals surface area (Å²) in [5.41, 5.74) is 0.877. The van der Waals surface area contributed by atoms with E-state index in [1.54, 1.807) is 17.5 Å². The fraction of sp³-hybridized carbons (Fsp3) is 0. The Balaban J connectivity index is 2.53. The highest BCUT2D eigenvalue weighted by Crippen LogP contribution is 2.31. The van der Waals surface area contributed by atoms with Crippen LogP contribution in [0, 0.1) is 11.3 Å². The van der Waals surface area contributed by atoms with Crippen LogP contribution in [0.1, 0.15) is 5.82 Å². The Kier molecular flexibility index (Phi) is 1.67. The lowest BCUT2D eigenvalue weighted by molar-refractivity contribution is 1.17. The smallest absolute Gasteiger partial charge is 0.226 e. The molecule has 4 heteroatoms.